The van der Waals surface area contributed by atoms with Gasteiger partial charge in [-0.15, -0.1) is 11.3 Å². The lowest BCUT2D eigenvalue weighted by Crippen LogP contribution is -2.23. The van der Waals surface area contributed by atoms with Gasteiger partial charge in [-0.2, -0.15) is 0 Å². The van der Waals surface area contributed by atoms with Gasteiger partial charge in [0.15, 0.2) is 5.13 Å². The zero-order valence-electron chi connectivity index (χ0n) is 19.1. The van der Waals surface area contributed by atoms with Crippen molar-refractivity contribution in [1.82, 2.24) is 15.0 Å². The molecule has 178 valence electrons. The molecule has 0 aliphatic carbocycles. The molecule has 0 aliphatic heterocycles. The number of aromatic amines is 1. The van der Waals surface area contributed by atoms with Crippen LogP contribution in [0.25, 0.3) is 28.5 Å². The number of aromatic nitrogens is 3. The topological polar surface area (TPSA) is 91.0 Å². The van der Waals surface area contributed by atoms with E-state index in [-0.39, 0.29) is 17.5 Å². The summed E-state index contributed by atoms with van der Waals surface area (Å²) in [6.07, 6.45) is 2.89. The quantitative estimate of drug-likeness (QED) is 0.275. The molecule has 9 heteroatoms. The molecule has 5 aromatic rings. The number of halogens is 1. The molecule has 2 amide bonds. The van der Waals surface area contributed by atoms with Crippen molar-refractivity contribution in [2.45, 2.75) is 6.92 Å². The average Bonchev–Trinajstić information content (AvgIpc) is 3.52. The molecule has 0 saturated heterocycles. The third kappa shape index (κ3) is 4.91. The van der Waals surface area contributed by atoms with Crippen LogP contribution >= 0.6 is 11.3 Å². The van der Waals surface area contributed by atoms with Crippen LogP contribution in [0.3, 0.4) is 0 Å². The maximum atomic E-state index is 14.2. The molecular weight excluding hydrogens is 477 g/mol. The first kappa shape index (κ1) is 23.1. The standard InChI is InChI=1S/C27H20FN5O2S/c1-17(34)33(24-9-5-2-6-21(24)28)27-30-20(16-36-27)14-15-25(35)29-19-12-10-18(11-13-19)26-31-22-7-3-4-8-23(22)32-26/h2-16H,1H3,(H,29,35)(H,31,32)/b15-14+. The smallest absolute Gasteiger partial charge is 0.248 e. The molecule has 0 bridgehead atoms. The highest BCUT2D eigenvalue weighted by atomic mass is 32.1. The monoisotopic (exact) mass is 497 g/mol. The predicted molar refractivity (Wildman–Crippen MR) is 141 cm³/mol. The summed E-state index contributed by atoms with van der Waals surface area (Å²) < 4.78 is 14.2. The molecule has 0 atom stereocenters. The number of hydrogen-bond acceptors (Lipinski definition) is 5. The van der Waals surface area contributed by atoms with Gasteiger partial charge in [0, 0.05) is 29.6 Å². The Kier molecular flexibility index (Phi) is 6.38. The Morgan fingerprint density at radius 2 is 1.75 bits per heavy atom. The Morgan fingerprint density at radius 1 is 1.00 bits per heavy atom. The number of carbonyl (C=O) groups is 2. The molecule has 0 fully saturated rings. The van der Waals surface area contributed by atoms with Crippen LogP contribution in [-0.4, -0.2) is 26.8 Å². The third-order valence-corrected chi connectivity index (χ3v) is 6.17. The van der Waals surface area contributed by atoms with Crippen LogP contribution in [0.1, 0.15) is 12.6 Å². The number of benzene rings is 3. The van der Waals surface area contributed by atoms with Gasteiger partial charge >= 0.3 is 0 Å². The SMILES string of the molecule is CC(=O)N(c1nc(/C=C/C(=O)Nc2ccc(-c3nc4ccccc4[nH]3)cc2)cs1)c1ccccc1F. The summed E-state index contributed by atoms with van der Waals surface area (Å²) in [5.41, 5.74) is 3.98. The van der Waals surface area contributed by atoms with Crippen molar-refractivity contribution in [1.29, 1.82) is 0 Å². The van der Waals surface area contributed by atoms with Gasteiger partial charge in [0.1, 0.15) is 11.6 Å². The number of amides is 2. The Balaban J connectivity index is 1.25. The maximum Gasteiger partial charge on any atom is 0.248 e. The highest BCUT2D eigenvalue weighted by molar-refractivity contribution is 7.14. The molecule has 0 radical (unpaired) electrons. The number of nitrogens with one attached hydrogen (secondary N) is 2. The molecule has 0 spiro atoms. The summed E-state index contributed by atoms with van der Waals surface area (Å²) in [5.74, 6) is -0.471. The molecule has 0 unspecified atom stereocenters. The fourth-order valence-electron chi connectivity index (χ4n) is 3.64. The highest BCUT2D eigenvalue weighted by Crippen LogP contribution is 2.31. The first-order valence-corrected chi connectivity index (χ1v) is 11.9. The van der Waals surface area contributed by atoms with E-state index in [0.29, 0.717) is 16.5 Å². The molecule has 0 saturated carbocycles. The molecule has 2 heterocycles. The van der Waals surface area contributed by atoms with Gasteiger partial charge in [-0.25, -0.2) is 14.4 Å². The Labute approximate surface area is 210 Å². The number of para-hydroxylation sites is 3. The normalized spacial score (nSPS) is 11.2. The van der Waals surface area contributed by atoms with Crippen molar-refractivity contribution in [2.75, 3.05) is 10.2 Å². The van der Waals surface area contributed by atoms with Crippen LogP contribution in [0.2, 0.25) is 0 Å². The number of fused-ring (bicyclic) bond motifs is 1. The lowest BCUT2D eigenvalue weighted by atomic mass is 10.2. The van der Waals surface area contributed by atoms with Gasteiger partial charge in [0.2, 0.25) is 11.8 Å². The molecular formula is C27H20FN5O2S. The summed E-state index contributed by atoms with van der Waals surface area (Å²) >= 11 is 1.18. The zero-order chi connectivity index (χ0) is 25.1. The highest BCUT2D eigenvalue weighted by Gasteiger charge is 2.20. The first-order valence-electron chi connectivity index (χ1n) is 11.0. The van der Waals surface area contributed by atoms with Crippen LogP contribution in [0.15, 0.2) is 84.3 Å². The van der Waals surface area contributed by atoms with Crippen molar-refractivity contribution in [2.24, 2.45) is 0 Å². The van der Waals surface area contributed by atoms with Gasteiger partial charge < -0.3 is 10.3 Å². The second-order valence-corrected chi connectivity index (χ2v) is 8.70. The van der Waals surface area contributed by atoms with Crippen LogP contribution in [0.5, 0.6) is 0 Å². The summed E-state index contributed by atoms with van der Waals surface area (Å²) in [4.78, 5) is 38.0. The molecule has 36 heavy (non-hydrogen) atoms. The fourth-order valence-corrected chi connectivity index (χ4v) is 4.49. The van der Waals surface area contributed by atoms with Crippen molar-refractivity contribution in [3.8, 4) is 11.4 Å². The molecule has 0 aliphatic rings. The van der Waals surface area contributed by atoms with Gasteiger partial charge in [0.05, 0.1) is 22.4 Å². The lowest BCUT2D eigenvalue weighted by Gasteiger charge is -2.18. The maximum absolute atomic E-state index is 14.2. The Hall–Kier alpha value is -4.63. The van der Waals surface area contributed by atoms with E-state index >= 15 is 0 Å². The second-order valence-electron chi connectivity index (χ2n) is 7.86. The lowest BCUT2D eigenvalue weighted by molar-refractivity contribution is -0.116. The van der Waals surface area contributed by atoms with E-state index in [1.165, 1.54) is 47.4 Å². The molecule has 2 aromatic heterocycles. The van der Waals surface area contributed by atoms with Gasteiger partial charge in [-0.3, -0.25) is 14.5 Å². The first-order chi connectivity index (χ1) is 17.5. The van der Waals surface area contributed by atoms with Crippen molar-refractivity contribution in [3.63, 3.8) is 0 Å². The average molecular weight is 498 g/mol. The van der Waals surface area contributed by atoms with Gasteiger partial charge in [-0.1, -0.05) is 24.3 Å². The van der Waals surface area contributed by atoms with E-state index < -0.39 is 5.82 Å². The molecule has 2 N–H and O–H groups in total. The molecule has 7 nitrogen and oxygen atoms in total. The number of nitrogens with zero attached hydrogens (tertiary/aromatic N) is 3. The van der Waals surface area contributed by atoms with Crippen LogP contribution < -0.4 is 10.2 Å². The summed E-state index contributed by atoms with van der Waals surface area (Å²) in [7, 11) is 0. The largest absolute Gasteiger partial charge is 0.338 e. The number of imidazole rings is 1. The van der Waals surface area contributed by atoms with E-state index in [2.05, 4.69) is 20.3 Å². The predicted octanol–water partition coefficient (Wildman–Crippen LogP) is 6.16. The number of hydrogen-bond donors (Lipinski definition) is 2. The molecule has 3 aromatic carbocycles. The number of anilines is 3. The van der Waals surface area contributed by atoms with E-state index in [1.807, 2.05) is 36.4 Å². The summed E-state index contributed by atoms with van der Waals surface area (Å²) in [5, 5.41) is 4.81. The van der Waals surface area contributed by atoms with E-state index in [0.717, 1.165) is 22.4 Å². The molecule has 5 rings (SSSR count). The van der Waals surface area contributed by atoms with Crippen molar-refractivity contribution in [3.05, 3.63) is 95.8 Å². The minimum absolute atomic E-state index is 0.124. The van der Waals surface area contributed by atoms with Gasteiger partial charge in [0.25, 0.3) is 0 Å². The Morgan fingerprint density at radius 3 is 2.50 bits per heavy atom. The van der Waals surface area contributed by atoms with Crippen LogP contribution in [0, 0.1) is 5.82 Å². The minimum atomic E-state index is -0.522. The zero-order valence-corrected chi connectivity index (χ0v) is 19.9. The third-order valence-electron chi connectivity index (χ3n) is 5.33. The number of rotatable bonds is 6. The Bertz CT molecular complexity index is 1560. The number of thiazole rings is 1. The number of H-pyrrole nitrogens is 1. The van der Waals surface area contributed by atoms with Crippen LogP contribution in [-0.2, 0) is 9.59 Å². The van der Waals surface area contributed by atoms with E-state index in [4.69, 9.17) is 0 Å². The number of carbonyl (C=O) groups excluding carboxylic acids is 2. The van der Waals surface area contributed by atoms with E-state index in [1.54, 1.807) is 29.6 Å². The van der Waals surface area contributed by atoms with Gasteiger partial charge in [-0.05, 0) is 54.6 Å². The summed E-state index contributed by atoms with van der Waals surface area (Å²) in [6, 6.07) is 21.2. The fraction of sp³-hybridized carbons (Fsp3) is 0.0370. The van der Waals surface area contributed by atoms with Crippen LogP contribution in [0.4, 0.5) is 20.9 Å². The summed E-state index contributed by atoms with van der Waals surface area (Å²) in [6.45, 7) is 1.34. The minimum Gasteiger partial charge on any atom is -0.338 e. The van der Waals surface area contributed by atoms with Crippen molar-refractivity contribution >= 4 is 56.8 Å². The van der Waals surface area contributed by atoms with Crippen molar-refractivity contribution < 1.29 is 14.0 Å². The second kappa shape index (κ2) is 9.93. The van der Waals surface area contributed by atoms with E-state index in [9.17, 15) is 14.0 Å².